The molecule has 1 unspecified atom stereocenters. The van der Waals surface area contributed by atoms with Crippen molar-refractivity contribution >= 4 is 39.1 Å². The number of ketones is 1. The second-order valence-corrected chi connectivity index (χ2v) is 10.1. The number of benzene rings is 3. The molecule has 1 saturated heterocycles. The lowest BCUT2D eigenvalue weighted by atomic mass is 9.95. The van der Waals surface area contributed by atoms with E-state index in [0.717, 1.165) is 10.0 Å². The average molecular weight is 534 g/mol. The van der Waals surface area contributed by atoms with E-state index in [0.29, 0.717) is 28.5 Å². The summed E-state index contributed by atoms with van der Waals surface area (Å²) in [6.07, 6.45) is 0.0170. The van der Waals surface area contributed by atoms with Gasteiger partial charge in [0.2, 0.25) is 0 Å². The van der Waals surface area contributed by atoms with Crippen molar-refractivity contribution in [3.63, 3.8) is 0 Å². The van der Waals surface area contributed by atoms with E-state index in [9.17, 15) is 14.7 Å². The van der Waals surface area contributed by atoms with Crippen molar-refractivity contribution in [1.29, 1.82) is 0 Å². The normalized spacial score (nSPS) is 17.5. The molecule has 3 aromatic rings. The molecule has 1 heterocycles. The fraction of sp³-hybridized carbons (Fsp3) is 0.241. The predicted molar refractivity (Wildman–Crippen MR) is 142 cm³/mol. The van der Waals surface area contributed by atoms with Gasteiger partial charge in [0, 0.05) is 15.7 Å². The van der Waals surface area contributed by atoms with Crippen LogP contribution in [-0.4, -0.2) is 22.9 Å². The van der Waals surface area contributed by atoms with E-state index in [1.54, 1.807) is 24.3 Å². The maximum Gasteiger partial charge on any atom is 0.300 e. The van der Waals surface area contributed by atoms with E-state index in [1.807, 2.05) is 62.4 Å². The molecule has 4 rings (SSSR count). The van der Waals surface area contributed by atoms with Crippen LogP contribution >= 0.6 is 15.9 Å². The first-order chi connectivity index (χ1) is 16.7. The van der Waals surface area contributed by atoms with E-state index in [1.165, 1.54) is 4.90 Å². The van der Waals surface area contributed by atoms with Crippen LogP contribution in [0.5, 0.6) is 5.75 Å². The fourth-order valence-electron chi connectivity index (χ4n) is 4.20. The van der Waals surface area contributed by atoms with Gasteiger partial charge in [-0.2, -0.15) is 0 Å². The Balaban J connectivity index is 1.86. The van der Waals surface area contributed by atoms with Gasteiger partial charge < -0.3 is 9.84 Å². The van der Waals surface area contributed by atoms with Crippen LogP contribution in [0.4, 0.5) is 5.69 Å². The van der Waals surface area contributed by atoms with E-state index in [-0.39, 0.29) is 17.4 Å². The molecule has 0 aromatic heterocycles. The fourth-order valence-corrected chi connectivity index (χ4v) is 4.46. The van der Waals surface area contributed by atoms with Gasteiger partial charge in [-0.15, -0.1) is 0 Å². The van der Waals surface area contributed by atoms with Crippen LogP contribution in [0.2, 0.25) is 0 Å². The highest BCUT2D eigenvalue weighted by Crippen LogP contribution is 2.42. The van der Waals surface area contributed by atoms with E-state index in [2.05, 4.69) is 29.8 Å². The Morgan fingerprint density at radius 1 is 0.886 bits per heavy atom. The van der Waals surface area contributed by atoms with Crippen molar-refractivity contribution in [1.82, 2.24) is 0 Å². The topological polar surface area (TPSA) is 66.8 Å². The van der Waals surface area contributed by atoms with Crippen molar-refractivity contribution in [2.24, 2.45) is 0 Å². The minimum absolute atomic E-state index is 0.0170. The summed E-state index contributed by atoms with van der Waals surface area (Å²) in [7, 11) is 0. The Hall–Kier alpha value is -3.38. The minimum Gasteiger partial charge on any atom is -0.507 e. The number of rotatable bonds is 6. The Bertz CT molecular complexity index is 1260. The van der Waals surface area contributed by atoms with Crippen molar-refractivity contribution in [3.05, 3.63) is 99.5 Å². The van der Waals surface area contributed by atoms with E-state index < -0.39 is 17.7 Å². The van der Waals surface area contributed by atoms with Gasteiger partial charge in [0.05, 0.1) is 17.7 Å². The first-order valence-electron chi connectivity index (χ1n) is 11.6. The quantitative estimate of drug-likeness (QED) is 0.210. The maximum atomic E-state index is 13.3. The number of carbonyl (C=O) groups excluding carboxylic acids is 2. The zero-order valence-electron chi connectivity index (χ0n) is 20.2. The van der Waals surface area contributed by atoms with Crippen molar-refractivity contribution in [2.45, 2.75) is 45.8 Å². The van der Waals surface area contributed by atoms with Crippen LogP contribution in [0.15, 0.2) is 82.8 Å². The third kappa shape index (κ3) is 5.03. The number of Topliss-reactive ketones (excluding diaryl/α,β-unsaturated/α-hetero) is 1. The molecule has 3 aromatic carbocycles. The molecule has 5 nitrogen and oxygen atoms in total. The summed E-state index contributed by atoms with van der Waals surface area (Å²) in [5.74, 6) is -0.569. The lowest BCUT2D eigenvalue weighted by Gasteiger charge is -2.26. The molecule has 0 aliphatic carbocycles. The molecule has 0 bridgehead atoms. The molecule has 6 heteroatoms. The largest absolute Gasteiger partial charge is 0.507 e. The molecule has 1 aliphatic rings. The molecule has 0 saturated carbocycles. The van der Waals surface area contributed by atoms with Crippen molar-refractivity contribution in [2.75, 3.05) is 4.90 Å². The molecule has 0 spiro atoms. The number of aliphatic hydroxyl groups excluding tert-OH is 1. The minimum atomic E-state index is -0.781. The highest BCUT2D eigenvalue weighted by molar-refractivity contribution is 9.10. The number of hydrogen-bond donors (Lipinski definition) is 1. The standard InChI is InChI=1S/C29H28BrNO4/c1-17(2)19-7-13-23(14-8-19)31-26(20-9-15-24(16-10-20)35-18(3)4)25(28(33)29(31)34)27(32)21-5-11-22(30)12-6-21/h5-18,26,32H,1-4H3/b27-25+. The summed E-state index contributed by atoms with van der Waals surface area (Å²) < 4.78 is 6.61. The third-order valence-corrected chi connectivity index (χ3v) is 6.50. The van der Waals surface area contributed by atoms with Crippen LogP contribution in [0.3, 0.4) is 0 Å². The van der Waals surface area contributed by atoms with Gasteiger partial charge in [-0.25, -0.2) is 0 Å². The number of halogens is 1. The smallest absolute Gasteiger partial charge is 0.300 e. The van der Waals surface area contributed by atoms with E-state index in [4.69, 9.17) is 4.74 Å². The Morgan fingerprint density at radius 2 is 1.49 bits per heavy atom. The predicted octanol–water partition coefficient (Wildman–Crippen LogP) is 6.99. The summed E-state index contributed by atoms with van der Waals surface area (Å²) in [4.78, 5) is 28.1. The zero-order valence-corrected chi connectivity index (χ0v) is 21.7. The van der Waals surface area contributed by atoms with Gasteiger partial charge in [0.25, 0.3) is 11.7 Å². The van der Waals surface area contributed by atoms with Gasteiger partial charge in [0.15, 0.2) is 0 Å². The Kier molecular flexibility index (Phi) is 7.13. The van der Waals surface area contributed by atoms with Crippen molar-refractivity contribution < 1.29 is 19.4 Å². The first kappa shape index (κ1) is 24.7. The van der Waals surface area contributed by atoms with Crippen molar-refractivity contribution in [3.8, 4) is 5.75 Å². The number of carbonyl (C=O) groups is 2. The molecular weight excluding hydrogens is 506 g/mol. The van der Waals surface area contributed by atoms with Crippen LogP contribution in [0, 0.1) is 0 Å². The number of hydrogen-bond acceptors (Lipinski definition) is 4. The van der Waals surface area contributed by atoms with Gasteiger partial charge in [-0.1, -0.05) is 66.2 Å². The molecule has 0 radical (unpaired) electrons. The summed E-state index contributed by atoms with van der Waals surface area (Å²) >= 11 is 3.39. The molecule has 1 fully saturated rings. The number of anilines is 1. The zero-order chi connectivity index (χ0) is 25.3. The van der Waals surface area contributed by atoms with Crippen LogP contribution < -0.4 is 9.64 Å². The average Bonchev–Trinajstić information content (AvgIpc) is 3.09. The van der Waals surface area contributed by atoms with Gasteiger partial charge in [-0.05, 0) is 67.3 Å². The van der Waals surface area contributed by atoms with E-state index >= 15 is 0 Å². The maximum absolute atomic E-state index is 13.3. The molecule has 35 heavy (non-hydrogen) atoms. The molecule has 180 valence electrons. The third-order valence-electron chi connectivity index (χ3n) is 5.97. The number of nitrogens with zero attached hydrogens (tertiary/aromatic N) is 1. The van der Waals surface area contributed by atoms with Crippen LogP contribution in [0.25, 0.3) is 5.76 Å². The Labute approximate surface area is 214 Å². The summed E-state index contributed by atoms with van der Waals surface area (Å²) in [5, 5.41) is 11.2. The number of aliphatic hydroxyl groups is 1. The Morgan fingerprint density at radius 3 is 2.03 bits per heavy atom. The lowest BCUT2D eigenvalue weighted by molar-refractivity contribution is -0.132. The monoisotopic (exact) mass is 533 g/mol. The summed E-state index contributed by atoms with van der Waals surface area (Å²) in [5.41, 5.74) is 2.95. The van der Waals surface area contributed by atoms with Crippen LogP contribution in [-0.2, 0) is 9.59 Å². The molecule has 1 N–H and O–H groups in total. The van der Waals surface area contributed by atoms with Crippen LogP contribution in [0.1, 0.15) is 56.3 Å². The highest BCUT2D eigenvalue weighted by atomic mass is 79.9. The second-order valence-electron chi connectivity index (χ2n) is 9.16. The molecule has 1 atom stereocenters. The molecule has 1 aliphatic heterocycles. The summed E-state index contributed by atoms with van der Waals surface area (Å²) in [6, 6.07) is 21.1. The number of amides is 1. The molecule has 1 amide bonds. The second kappa shape index (κ2) is 10.1. The van der Waals surface area contributed by atoms with Gasteiger partial charge >= 0.3 is 0 Å². The van der Waals surface area contributed by atoms with Gasteiger partial charge in [0.1, 0.15) is 11.5 Å². The summed E-state index contributed by atoms with van der Waals surface area (Å²) in [6.45, 7) is 8.09. The van der Waals surface area contributed by atoms with Gasteiger partial charge in [-0.3, -0.25) is 14.5 Å². The number of ether oxygens (including phenoxy) is 1. The molecular formula is C29H28BrNO4. The lowest BCUT2D eigenvalue weighted by Crippen LogP contribution is -2.29. The highest BCUT2D eigenvalue weighted by Gasteiger charge is 2.47. The SMILES string of the molecule is CC(C)Oc1ccc(C2/C(=C(\O)c3ccc(Br)cc3)C(=O)C(=O)N2c2ccc(C(C)C)cc2)cc1. The first-order valence-corrected chi connectivity index (χ1v) is 12.4.